The Balaban J connectivity index is 1.62. The first-order valence-corrected chi connectivity index (χ1v) is 10.3. The molecule has 29 heavy (non-hydrogen) atoms. The number of hydrogen-bond acceptors (Lipinski definition) is 5. The van der Waals surface area contributed by atoms with Crippen LogP contribution in [0, 0.1) is 13.8 Å². The molecule has 148 valence electrons. The van der Waals surface area contributed by atoms with E-state index in [0.717, 1.165) is 33.1 Å². The molecule has 0 fully saturated rings. The minimum absolute atomic E-state index is 0.279. The van der Waals surface area contributed by atoms with Crippen LogP contribution in [0.4, 0.5) is 0 Å². The maximum absolute atomic E-state index is 12.3. The van der Waals surface area contributed by atoms with Gasteiger partial charge in [0.1, 0.15) is 0 Å². The molecule has 0 unspecified atom stereocenters. The molecule has 0 aliphatic heterocycles. The van der Waals surface area contributed by atoms with E-state index in [-0.39, 0.29) is 5.69 Å². The summed E-state index contributed by atoms with van der Waals surface area (Å²) in [5.41, 5.74) is 4.51. The number of hydrogen-bond donors (Lipinski definition) is 0. The van der Waals surface area contributed by atoms with Gasteiger partial charge in [-0.15, -0.1) is 11.8 Å². The van der Waals surface area contributed by atoms with E-state index >= 15 is 0 Å². The number of halogens is 1. The average Bonchev–Trinajstić information content (AvgIpc) is 3.27. The van der Waals surface area contributed by atoms with Crippen molar-refractivity contribution in [1.82, 2.24) is 29.6 Å². The van der Waals surface area contributed by atoms with Gasteiger partial charge >= 0.3 is 5.69 Å². The van der Waals surface area contributed by atoms with Gasteiger partial charge in [0.2, 0.25) is 0 Å². The topological polar surface area (TPSA) is 70.5 Å². The summed E-state index contributed by atoms with van der Waals surface area (Å²) in [6.07, 6.45) is 1.76. The van der Waals surface area contributed by atoms with Crippen molar-refractivity contribution in [3.8, 4) is 11.4 Å². The Bertz CT molecular complexity index is 1240. The van der Waals surface area contributed by atoms with Crippen molar-refractivity contribution >= 4 is 23.4 Å². The Labute approximate surface area is 176 Å². The highest BCUT2D eigenvalue weighted by molar-refractivity contribution is 7.98. The fraction of sp³-hybridized carbons (Fsp3) is 0.200. The van der Waals surface area contributed by atoms with Crippen LogP contribution in [-0.4, -0.2) is 29.6 Å². The zero-order valence-electron chi connectivity index (χ0n) is 16.2. The lowest BCUT2D eigenvalue weighted by Gasteiger charge is -2.13. The molecule has 0 aliphatic carbocycles. The molecule has 0 saturated carbocycles. The van der Waals surface area contributed by atoms with Crippen LogP contribution in [0.1, 0.15) is 16.8 Å². The highest BCUT2D eigenvalue weighted by Crippen LogP contribution is 2.33. The van der Waals surface area contributed by atoms with Crippen LogP contribution in [0.5, 0.6) is 0 Å². The lowest BCUT2D eigenvalue weighted by molar-refractivity contribution is 0.692. The summed E-state index contributed by atoms with van der Waals surface area (Å²) >= 11 is 8.16. The Morgan fingerprint density at radius 3 is 2.55 bits per heavy atom. The predicted octanol–water partition coefficient (Wildman–Crippen LogP) is 3.71. The molecule has 7 nitrogen and oxygen atoms in total. The van der Waals surface area contributed by atoms with Crippen LogP contribution < -0.4 is 5.69 Å². The Morgan fingerprint density at radius 2 is 1.90 bits per heavy atom. The van der Waals surface area contributed by atoms with Gasteiger partial charge in [-0.1, -0.05) is 23.7 Å². The van der Waals surface area contributed by atoms with Crippen molar-refractivity contribution in [1.29, 1.82) is 0 Å². The highest BCUT2D eigenvalue weighted by Gasteiger charge is 2.14. The van der Waals surface area contributed by atoms with Crippen molar-refractivity contribution in [2.24, 2.45) is 7.05 Å². The smallest absolute Gasteiger partial charge is 0.244 e. The van der Waals surface area contributed by atoms with Gasteiger partial charge in [0.15, 0.2) is 0 Å². The lowest BCUT2D eigenvalue weighted by Crippen LogP contribution is -2.23. The third-order valence-electron chi connectivity index (χ3n) is 4.70. The first-order chi connectivity index (χ1) is 14.0. The zero-order valence-corrected chi connectivity index (χ0v) is 17.8. The zero-order chi connectivity index (χ0) is 20.5. The fourth-order valence-corrected chi connectivity index (χ4v) is 4.44. The van der Waals surface area contributed by atoms with Crippen molar-refractivity contribution in [2.45, 2.75) is 24.5 Å². The van der Waals surface area contributed by atoms with Gasteiger partial charge in [0.05, 0.1) is 16.4 Å². The molecular weight excluding hydrogens is 408 g/mol. The van der Waals surface area contributed by atoms with E-state index in [1.54, 1.807) is 25.0 Å². The summed E-state index contributed by atoms with van der Waals surface area (Å²) in [5, 5.41) is 12.8. The van der Waals surface area contributed by atoms with Crippen LogP contribution >= 0.6 is 23.4 Å². The van der Waals surface area contributed by atoms with Crippen LogP contribution in [0.2, 0.25) is 5.02 Å². The normalized spacial score (nSPS) is 11.2. The van der Waals surface area contributed by atoms with Crippen LogP contribution in [0.15, 0.2) is 58.4 Å². The Morgan fingerprint density at radius 1 is 1.07 bits per heavy atom. The van der Waals surface area contributed by atoms with Gasteiger partial charge in [-0.2, -0.15) is 14.5 Å². The number of tetrazole rings is 1. The van der Waals surface area contributed by atoms with Gasteiger partial charge in [-0.05, 0) is 65.7 Å². The molecule has 0 spiro atoms. The van der Waals surface area contributed by atoms with E-state index in [1.807, 2.05) is 61.0 Å². The fourth-order valence-electron chi connectivity index (χ4n) is 3.07. The van der Waals surface area contributed by atoms with E-state index in [0.29, 0.717) is 10.8 Å². The maximum atomic E-state index is 12.3. The van der Waals surface area contributed by atoms with Crippen LogP contribution in [0.3, 0.4) is 0 Å². The van der Waals surface area contributed by atoms with E-state index in [4.69, 9.17) is 11.6 Å². The predicted molar refractivity (Wildman–Crippen MR) is 114 cm³/mol. The number of thioether (sulfide) groups is 1. The SMILES string of the molecule is Cc1cccc(-n2nnn(C)c2=O)c1CSc1ccc(-n2nccc2C)cc1Cl. The van der Waals surface area contributed by atoms with Gasteiger partial charge in [0, 0.05) is 29.6 Å². The number of aryl methyl sites for hydroxylation is 3. The summed E-state index contributed by atoms with van der Waals surface area (Å²) in [6, 6.07) is 13.7. The summed E-state index contributed by atoms with van der Waals surface area (Å²) in [7, 11) is 1.58. The molecule has 4 aromatic rings. The van der Waals surface area contributed by atoms with Gasteiger partial charge < -0.3 is 0 Å². The third-order valence-corrected chi connectivity index (χ3v) is 6.22. The quantitative estimate of drug-likeness (QED) is 0.455. The monoisotopic (exact) mass is 426 g/mol. The second kappa shape index (κ2) is 7.88. The van der Waals surface area contributed by atoms with Crippen molar-refractivity contribution in [2.75, 3.05) is 0 Å². The number of benzene rings is 2. The third kappa shape index (κ3) is 3.73. The molecule has 0 saturated heterocycles. The first-order valence-electron chi connectivity index (χ1n) is 8.97. The standard InChI is InChI=1S/C20H19ClN6OS/c1-13-5-4-6-18(27-20(28)25(3)23-24-27)16(13)12-29-19-8-7-15(11-17(19)21)26-14(2)9-10-22-26/h4-11H,12H2,1-3H3. The van der Waals surface area contributed by atoms with Crippen molar-refractivity contribution < 1.29 is 0 Å². The lowest BCUT2D eigenvalue weighted by atomic mass is 10.1. The molecule has 0 radical (unpaired) electrons. The highest BCUT2D eigenvalue weighted by atomic mass is 35.5. The van der Waals surface area contributed by atoms with E-state index in [9.17, 15) is 4.79 Å². The molecule has 0 aliphatic rings. The van der Waals surface area contributed by atoms with Gasteiger partial charge in [-0.25, -0.2) is 9.48 Å². The minimum atomic E-state index is -0.279. The van der Waals surface area contributed by atoms with Crippen molar-refractivity contribution in [3.05, 3.63) is 81.0 Å². The first kappa shape index (κ1) is 19.5. The van der Waals surface area contributed by atoms with Gasteiger partial charge in [-0.3, -0.25) is 0 Å². The summed E-state index contributed by atoms with van der Waals surface area (Å²) < 4.78 is 4.39. The second-order valence-electron chi connectivity index (χ2n) is 6.66. The molecule has 0 amide bonds. The molecular formula is C20H19ClN6OS. The molecule has 4 rings (SSSR count). The molecule has 2 aromatic carbocycles. The maximum Gasteiger partial charge on any atom is 0.368 e. The number of nitrogens with zero attached hydrogens (tertiary/aromatic N) is 6. The Kier molecular flexibility index (Phi) is 5.29. The summed E-state index contributed by atoms with van der Waals surface area (Å²) in [4.78, 5) is 13.3. The minimum Gasteiger partial charge on any atom is -0.244 e. The largest absolute Gasteiger partial charge is 0.368 e. The average molecular weight is 427 g/mol. The Hall–Kier alpha value is -2.84. The molecule has 2 aromatic heterocycles. The van der Waals surface area contributed by atoms with E-state index in [1.165, 1.54) is 9.36 Å². The molecule has 0 atom stereocenters. The molecule has 0 N–H and O–H groups in total. The number of aromatic nitrogens is 6. The molecule has 0 bridgehead atoms. The van der Waals surface area contributed by atoms with Crippen LogP contribution in [-0.2, 0) is 12.8 Å². The van der Waals surface area contributed by atoms with E-state index < -0.39 is 0 Å². The molecule has 9 heteroatoms. The van der Waals surface area contributed by atoms with Crippen LogP contribution in [0.25, 0.3) is 11.4 Å². The van der Waals surface area contributed by atoms with Crippen molar-refractivity contribution in [3.63, 3.8) is 0 Å². The second-order valence-corrected chi connectivity index (χ2v) is 8.08. The van der Waals surface area contributed by atoms with Gasteiger partial charge in [0.25, 0.3) is 0 Å². The van der Waals surface area contributed by atoms with E-state index in [2.05, 4.69) is 15.5 Å². The number of rotatable bonds is 5. The summed E-state index contributed by atoms with van der Waals surface area (Å²) in [5.74, 6) is 0.644. The summed E-state index contributed by atoms with van der Waals surface area (Å²) in [6.45, 7) is 4.02. The molecule has 2 heterocycles.